The van der Waals surface area contributed by atoms with Gasteiger partial charge in [0, 0.05) is 6.54 Å². The lowest BCUT2D eigenvalue weighted by Gasteiger charge is -2.19. The van der Waals surface area contributed by atoms with Crippen LogP contribution in [-0.2, 0) is 6.54 Å². The Hall–Kier alpha value is -0.900. The van der Waals surface area contributed by atoms with E-state index in [9.17, 15) is 10.2 Å². The van der Waals surface area contributed by atoms with Crippen molar-refractivity contribution in [3.8, 4) is 0 Å². The summed E-state index contributed by atoms with van der Waals surface area (Å²) >= 11 is 0. The fraction of sp³-hybridized carbons (Fsp3) is 0.500. The summed E-state index contributed by atoms with van der Waals surface area (Å²) in [5, 5.41) is 22.4. The topological polar surface area (TPSA) is 52.5 Å². The molecule has 3 heteroatoms. The Labute approximate surface area is 89.8 Å². The van der Waals surface area contributed by atoms with Gasteiger partial charge in [0.15, 0.2) is 0 Å². The second kappa shape index (κ2) is 4.75. The SMILES string of the molecule is O[C@@H]1CC[C@H](O)C1NCc1ccccc1. The molecule has 1 saturated carbocycles. The number of aliphatic hydroxyl groups excluding tert-OH is 2. The van der Waals surface area contributed by atoms with Crippen molar-refractivity contribution in [3.63, 3.8) is 0 Å². The molecule has 3 nitrogen and oxygen atoms in total. The molecule has 3 atom stereocenters. The Kier molecular flexibility index (Phi) is 3.36. The molecule has 1 aliphatic carbocycles. The lowest BCUT2D eigenvalue weighted by Crippen LogP contribution is -2.42. The molecule has 0 heterocycles. The second-order valence-corrected chi connectivity index (χ2v) is 4.10. The van der Waals surface area contributed by atoms with E-state index < -0.39 is 12.2 Å². The van der Waals surface area contributed by atoms with Crippen LogP contribution in [0.1, 0.15) is 18.4 Å². The third-order valence-electron chi connectivity index (χ3n) is 2.97. The molecule has 0 spiro atoms. The van der Waals surface area contributed by atoms with Crippen molar-refractivity contribution in [2.24, 2.45) is 0 Å². The molecule has 0 bridgehead atoms. The van der Waals surface area contributed by atoms with E-state index in [0.29, 0.717) is 19.4 Å². The van der Waals surface area contributed by atoms with E-state index in [4.69, 9.17) is 0 Å². The number of nitrogens with one attached hydrogen (secondary N) is 1. The van der Waals surface area contributed by atoms with Gasteiger partial charge < -0.3 is 15.5 Å². The summed E-state index contributed by atoms with van der Waals surface area (Å²) in [5.74, 6) is 0. The fourth-order valence-electron chi connectivity index (χ4n) is 2.06. The van der Waals surface area contributed by atoms with Crippen LogP contribution in [0.2, 0.25) is 0 Å². The van der Waals surface area contributed by atoms with Crippen LogP contribution in [0.15, 0.2) is 30.3 Å². The maximum Gasteiger partial charge on any atom is 0.0719 e. The van der Waals surface area contributed by atoms with Gasteiger partial charge in [0.25, 0.3) is 0 Å². The standard InChI is InChI=1S/C12H17NO2/c14-10-6-7-11(15)12(10)13-8-9-4-2-1-3-5-9/h1-5,10-15H,6-8H2/t10-,11+,12?. The van der Waals surface area contributed by atoms with E-state index in [1.165, 1.54) is 5.56 Å². The minimum atomic E-state index is -0.413. The maximum atomic E-state index is 9.61. The molecular formula is C12H17NO2. The van der Waals surface area contributed by atoms with E-state index in [1.807, 2.05) is 30.3 Å². The van der Waals surface area contributed by atoms with Gasteiger partial charge in [0.2, 0.25) is 0 Å². The summed E-state index contributed by atoms with van der Waals surface area (Å²) in [7, 11) is 0. The summed E-state index contributed by atoms with van der Waals surface area (Å²) in [6.07, 6.45) is 0.550. The van der Waals surface area contributed by atoms with Gasteiger partial charge in [-0.2, -0.15) is 0 Å². The van der Waals surface area contributed by atoms with Crippen LogP contribution in [-0.4, -0.2) is 28.5 Å². The van der Waals surface area contributed by atoms with E-state index >= 15 is 0 Å². The number of aliphatic hydroxyl groups is 2. The van der Waals surface area contributed by atoms with E-state index in [1.54, 1.807) is 0 Å². The van der Waals surface area contributed by atoms with Gasteiger partial charge in [0.1, 0.15) is 0 Å². The van der Waals surface area contributed by atoms with Crippen molar-refractivity contribution in [1.29, 1.82) is 0 Å². The predicted molar refractivity (Wildman–Crippen MR) is 58.3 cm³/mol. The zero-order valence-corrected chi connectivity index (χ0v) is 8.63. The van der Waals surface area contributed by atoms with Gasteiger partial charge in [-0.25, -0.2) is 0 Å². The van der Waals surface area contributed by atoms with Gasteiger partial charge >= 0.3 is 0 Å². The highest BCUT2D eigenvalue weighted by molar-refractivity contribution is 5.14. The van der Waals surface area contributed by atoms with Gasteiger partial charge in [0.05, 0.1) is 18.2 Å². The molecule has 1 fully saturated rings. The predicted octanol–water partition coefficient (Wildman–Crippen LogP) is 0.660. The first kappa shape index (κ1) is 10.6. The summed E-state index contributed by atoms with van der Waals surface area (Å²) in [6, 6.07) is 9.83. The van der Waals surface area contributed by atoms with Crippen LogP contribution in [0, 0.1) is 0 Å². The maximum absolute atomic E-state index is 9.61. The number of rotatable bonds is 3. The fourth-order valence-corrected chi connectivity index (χ4v) is 2.06. The Balaban J connectivity index is 1.88. The van der Waals surface area contributed by atoms with Gasteiger partial charge in [-0.05, 0) is 18.4 Å². The van der Waals surface area contributed by atoms with Crippen LogP contribution in [0.5, 0.6) is 0 Å². The molecule has 0 aromatic heterocycles. The molecule has 3 N–H and O–H groups in total. The zero-order chi connectivity index (χ0) is 10.7. The second-order valence-electron chi connectivity index (χ2n) is 4.10. The van der Waals surface area contributed by atoms with Crippen molar-refractivity contribution in [3.05, 3.63) is 35.9 Å². The highest BCUT2D eigenvalue weighted by Gasteiger charge is 2.32. The molecule has 0 radical (unpaired) electrons. The number of benzene rings is 1. The monoisotopic (exact) mass is 207 g/mol. The van der Waals surface area contributed by atoms with E-state index in [2.05, 4.69) is 5.32 Å². The lowest BCUT2D eigenvalue weighted by molar-refractivity contribution is 0.0892. The summed E-state index contributed by atoms with van der Waals surface area (Å²) in [6.45, 7) is 0.694. The van der Waals surface area contributed by atoms with Crippen molar-refractivity contribution < 1.29 is 10.2 Å². The lowest BCUT2D eigenvalue weighted by atomic mass is 10.1. The minimum absolute atomic E-state index is 0.176. The van der Waals surface area contributed by atoms with Gasteiger partial charge in [-0.3, -0.25) is 0 Å². The molecule has 1 unspecified atom stereocenters. The van der Waals surface area contributed by atoms with Crippen LogP contribution < -0.4 is 5.32 Å². The summed E-state index contributed by atoms with van der Waals surface area (Å²) in [5.41, 5.74) is 1.17. The summed E-state index contributed by atoms with van der Waals surface area (Å²) < 4.78 is 0. The van der Waals surface area contributed by atoms with Crippen LogP contribution in [0.25, 0.3) is 0 Å². The molecule has 1 aromatic carbocycles. The smallest absolute Gasteiger partial charge is 0.0719 e. The molecular weight excluding hydrogens is 190 g/mol. The summed E-state index contributed by atoms with van der Waals surface area (Å²) in [4.78, 5) is 0. The normalized spacial score (nSPS) is 30.7. The largest absolute Gasteiger partial charge is 0.391 e. The Morgan fingerprint density at radius 3 is 2.27 bits per heavy atom. The molecule has 1 aliphatic rings. The number of hydrogen-bond acceptors (Lipinski definition) is 3. The third-order valence-corrected chi connectivity index (χ3v) is 2.97. The first-order chi connectivity index (χ1) is 7.27. The highest BCUT2D eigenvalue weighted by Crippen LogP contribution is 2.20. The minimum Gasteiger partial charge on any atom is -0.391 e. The number of hydrogen-bond donors (Lipinski definition) is 3. The molecule has 2 rings (SSSR count). The highest BCUT2D eigenvalue weighted by atomic mass is 16.3. The van der Waals surface area contributed by atoms with Gasteiger partial charge in [-0.15, -0.1) is 0 Å². The Morgan fingerprint density at radius 2 is 1.67 bits per heavy atom. The molecule has 82 valence electrons. The Morgan fingerprint density at radius 1 is 1.07 bits per heavy atom. The third kappa shape index (κ3) is 2.56. The molecule has 0 saturated heterocycles. The van der Waals surface area contributed by atoms with Crippen molar-refractivity contribution in [2.75, 3.05) is 0 Å². The van der Waals surface area contributed by atoms with Crippen LogP contribution in [0.3, 0.4) is 0 Å². The first-order valence-corrected chi connectivity index (χ1v) is 5.41. The average Bonchev–Trinajstić information content (AvgIpc) is 2.58. The average molecular weight is 207 g/mol. The molecule has 0 aliphatic heterocycles. The molecule has 1 aromatic rings. The quantitative estimate of drug-likeness (QED) is 0.682. The van der Waals surface area contributed by atoms with Crippen LogP contribution in [0.4, 0.5) is 0 Å². The molecule has 15 heavy (non-hydrogen) atoms. The zero-order valence-electron chi connectivity index (χ0n) is 8.63. The van der Waals surface area contributed by atoms with Crippen LogP contribution >= 0.6 is 0 Å². The first-order valence-electron chi connectivity index (χ1n) is 5.41. The van der Waals surface area contributed by atoms with E-state index in [-0.39, 0.29) is 6.04 Å². The van der Waals surface area contributed by atoms with Crippen molar-refractivity contribution >= 4 is 0 Å². The van der Waals surface area contributed by atoms with Gasteiger partial charge in [-0.1, -0.05) is 30.3 Å². The van der Waals surface area contributed by atoms with E-state index in [0.717, 1.165) is 0 Å². The molecule has 0 amide bonds. The van der Waals surface area contributed by atoms with Crippen molar-refractivity contribution in [2.45, 2.75) is 37.6 Å². The van der Waals surface area contributed by atoms with Crippen molar-refractivity contribution in [1.82, 2.24) is 5.32 Å². The Bertz CT molecular complexity index is 292.